The van der Waals surface area contributed by atoms with Crippen LogP contribution < -0.4 is 5.32 Å². The van der Waals surface area contributed by atoms with Gasteiger partial charge in [-0.25, -0.2) is 0 Å². The van der Waals surface area contributed by atoms with Gasteiger partial charge in [-0.3, -0.25) is 0 Å². The lowest BCUT2D eigenvalue weighted by Crippen LogP contribution is -2.26. The lowest BCUT2D eigenvalue weighted by molar-refractivity contribution is 0.489. The SMILES string of the molecule is CNC(CCc1ccc(C)cc1)CCc1ccsc1. The van der Waals surface area contributed by atoms with Gasteiger partial charge in [0, 0.05) is 6.04 Å². The quantitative estimate of drug-likeness (QED) is 0.797. The second kappa shape index (κ2) is 7.46. The van der Waals surface area contributed by atoms with Gasteiger partial charge >= 0.3 is 0 Å². The summed E-state index contributed by atoms with van der Waals surface area (Å²) in [4.78, 5) is 0. The molecule has 1 aromatic heterocycles. The molecule has 0 bridgehead atoms. The highest BCUT2D eigenvalue weighted by Crippen LogP contribution is 2.13. The van der Waals surface area contributed by atoms with Gasteiger partial charge in [0.05, 0.1) is 0 Å². The lowest BCUT2D eigenvalue weighted by atomic mass is 10.00. The molecule has 1 N–H and O–H groups in total. The maximum atomic E-state index is 3.45. The second-order valence-electron chi connectivity index (χ2n) is 5.18. The van der Waals surface area contributed by atoms with Crippen molar-refractivity contribution in [1.29, 1.82) is 0 Å². The molecule has 0 saturated carbocycles. The molecule has 1 atom stereocenters. The Kier molecular flexibility index (Phi) is 5.62. The van der Waals surface area contributed by atoms with Crippen LogP contribution in [0.3, 0.4) is 0 Å². The highest BCUT2D eigenvalue weighted by Gasteiger charge is 2.07. The molecule has 1 heterocycles. The third-order valence-electron chi connectivity index (χ3n) is 3.67. The number of hydrogen-bond donors (Lipinski definition) is 1. The van der Waals surface area contributed by atoms with Crippen LogP contribution in [0.25, 0.3) is 0 Å². The number of thiophene rings is 1. The van der Waals surface area contributed by atoms with Crippen LogP contribution >= 0.6 is 11.3 Å². The molecule has 1 nitrogen and oxygen atoms in total. The lowest BCUT2D eigenvalue weighted by Gasteiger charge is -2.15. The Hall–Kier alpha value is -1.12. The van der Waals surface area contributed by atoms with Crippen LogP contribution in [0, 0.1) is 6.92 Å². The Morgan fingerprint density at radius 2 is 1.68 bits per heavy atom. The largest absolute Gasteiger partial charge is 0.317 e. The van der Waals surface area contributed by atoms with E-state index in [0.717, 1.165) is 6.42 Å². The van der Waals surface area contributed by atoms with Crippen molar-refractivity contribution in [2.75, 3.05) is 7.05 Å². The first kappa shape index (κ1) is 14.3. The van der Waals surface area contributed by atoms with E-state index >= 15 is 0 Å². The Balaban J connectivity index is 1.77. The van der Waals surface area contributed by atoms with E-state index in [1.807, 2.05) is 0 Å². The summed E-state index contributed by atoms with van der Waals surface area (Å²) in [5, 5.41) is 7.87. The Bertz CT molecular complexity index is 459. The monoisotopic (exact) mass is 273 g/mol. The predicted molar refractivity (Wildman–Crippen MR) is 85.0 cm³/mol. The van der Waals surface area contributed by atoms with Gasteiger partial charge in [0.25, 0.3) is 0 Å². The van der Waals surface area contributed by atoms with Gasteiger partial charge in [0.2, 0.25) is 0 Å². The first-order chi connectivity index (χ1) is 9.28. The zero-order valence-corrected chi connectivity index (χ0v) is 12.7. The fraction of sp³-hybridized carbons (Fsp3) is 0.412. The summed E-state index contributed by atoms with van der Waals surface area (Å²) in [6.07, 6.45) is 4.78. The predicted octanol–water partition coefficient (Wildman–Crippen LogP) is 4.21. The van der Waals surface area contributed by atoms with E-state index in [0.29, 0.717) is 6.04 Å². The first-order valence-electron chi connectivity index (χ1n) is 7.02. The molecule has 2 rings (SSSR count). The maximum Gasteiger partial charge on any atom is 0.00704 e. The molecule has 19 heavy (non-hydrogen) atoms. The first-order valence-corrected chi connectivity index (χ1v) is 7.96. The third kappa shape index (κ3) is 4.81. The van der Waals surface area contributed by atoms with E-state index in [2.05, 4.69) is 60.4 Å². The van der Waals surface area contributed by atoms with Crippen molar-refractivity contribution >= 4 is 11.3 Å². The van der Waals surface area contributed by atoms with Crippen LogP contribution in [0.4, 0.5) is 0 Å². The van der Waals surface area contributed by atoms with Crippen molar-refractivity contribution in [2.24, 2.45) is 0 Å². The number of nitrogens with one attached hydrogen (secondary N) is 1. The minimum Gasteiger partial charge on any atom is -0.317 e. The fourth-order valence-electron chi connectivity index (χ4n) is 2.30. The van der Waals surface area contributed by atoms with Crippen LogP contribution in [-0.4, -0.2) is 13.1 Å². The van der Waals surface area contributed by atoms with Gasteiger partial charge in [0.15, 0.2) is 0 Å². The smallest absolute Gasteiger partial charge is 0.00704 e. The summed E-state index contributed by atoms with van der Waals surface area (Å²) in [5.41, 5.74) is 4.26. The summed E-state index contributed by atoms with van der Waals surface area (Å²) in [6.45, 7) is 2.14. The van der Waals surface area contributed by atoms with Gasteiger partial charge < -0.3 is 5.32 Å². The van der Waals surface area contributed by atoms with Crippen molar-refractivity contribution in [3.8, 4) is 0 Å². The zero-order chi connectivity index (χ0) is 13.5. The molecule has 1 aromatic carbocycles. The molecule has 0 radical (unpaired) electrons. The topological polar surface area (TPSA) is 12.0 Å². The van der Waals surface area contributed by atoms with Gasteiger partial charge in [-0.2, -0.15) is 11.3 Å². The van der Waals surface area contributed by atoms with Crippen LogP contribution in [-0.2, 0) is 12.8 Å². The van der Waals surface area contributed by atoms with Gasteiger partial charge in [-0.05, 0) is 67.6 Å². The van der Waals surface area contributed by atoms with Crippen molar-refractivity contribution in [1.82, 2.24) is 5.32 Å². The molecule has 1 unspecified atom stereocenters. The summed E-state index contributed by atoms with van der Waals surface area (Å²) in [5.74, 6) is 0. The molecule has 0 saturated heterocycles. The fourth-order valence-corrected chi connectivity index (χ4v) is 3.01. The van der Waals surface area contributed by atoms with Crippen LogP contribution in [0.2, 0.25) is 0 Å². The number of rotatable bonds is 7. The average Bonchev–Trinajstić information content (AvgIpc) is 2.94. The number of benzene rings is 1. The van der Waals surface area contributed by atoms with E-state index in [-0.39, 0.29) is 0 Å². The minimum absolute atomic E-state index is 0.612. The molecule has 0 aliphatic heterocycles. The summed E-state index contributed by atoms with van der Waals surface area (Å²) >= 11 is 1.79. The van der Waals surface area contributed by atoms with Crippen molar-refractivity contribution < 1.29 is 0 Å². The normalized spacial score (nSPS) is 12.5. The number of aryl methyl sites for hydroxylation is 3. The standard InChI is InChI=1S/C17H23NS/c1-14-3-5-15(6-4-14)7-9-17(18-2)10-8-16-11-12-19-13-16/h3-6,11-13,17-18H,7-10H2,1-2H3. The van der Waals surface area contributed by atoms with Crippen LogP contribution in [0.15, 0.2) is 41.1 Å². The molecule has 2 aromatic rings. The van der Waals surface area contributed by atoms with Crippen LogP contribution in [0.1, 0.15) is 29.5 Å². The Morgan fingerprint density at radius 1 is 1.00 bits per heavy atom. The van der Waals surface area contributed by atoms with Gasteiger partial charge in [-0.15, -0.1) is 0 Å². The highest BCUT2D eigenvalue weighted by atomic mass is 32.1. The molecule has 0 aliphatic carbocycles. The third-order valence-corrected chi connectivity index (χ3v) is 4.40. The summed E-state index contributed by atoms with van der Waals surface area (Å²) in [7, 11) is 2.08. The Morgan fingerprint density at radius 3 is 2.26 bits per heavy atom. The van der Waals surface area contributed by atoms with Gasteiger partial charge in [-0.1, -0.05) is 29.8 Å². The average molecular weight is 273 g/mol. The number of hydrogen-bond acceptors (Lipinski definition) is 2. The van der Waals surface area contributed by atoms with E-state index in [9.17, 15) is 0 Å². The van der Waals surface area contributed by atoms with E-state index in [1.165, 1.54) is 36.0 Å². The molecular weight excluding hydrogens is 250 g/mol. The molecule has 0 aliphatic rings. The second-order valence-corrected chi connectivity index (χ2v) is 5.96. The van der Waals surface area contributed by atoms with Crippen molar-refractivity contribution in [3.63, 3.8) is 0 Å². The van der Waals surface area contributed by atoms with E-state index in [1.54, 1.807) is 11.3 Å². The molecule has 0 fully saturated rings. The Labute approximate surface area is 120 Å². The zero-order valence-electron chi connectivity index (χ0n) is 11.9. The highest BCUT2D eigenvalue weighted by molar-refractivity contribution is 7.07. The maximum absolute atomic E-state index is 3.45. The van der Waals surface area contributed by atoms with E-state index < -0.39 is 0 Å². The summed E-state index contributed by atoms with van der Waals surface area (Å²) < 4.78 is 0. The molecule has 2 heteroatoms. The van der Waals surface area contributed by atoms with Crippen molar-refractivity contribution in [3.05, 3.63) is 57.8 Å². The van der Waals surface area contributed by atoms with Crippen LogP contribution in [0.5, 0.6) is 0 Å². The summed E-state index contributed by atoms with van der Waals surface area (Å²) in [6, 6.07) is 11.8. The van der Waals surface area contributed by atoms with E-state index in [4.69, 9.17) is 0 Å². The molecule has 0 spiro atoms. The molecule has 102 valence electrons. The van der Waals surface area contributed by atoms with Crippen molar-refractivity contribution in [2.45, 2.75) is 38.6 Å². The molecular formula is C17H23NS. The minimum atomic E-state index is 0.612. The molecule has 0 amide bonds. The van der Waals surface area contributed by atoms with Gasteiger partial charge in [0.1, 0.15) is 0 Å².